The molecule has 5 nitrogen and oxygen atoms in total. The van der Waals surface area contributed by atoms with E-state index in [1.807, 2.05) is 51.1 Å². The van der Waals surface area contributed by atoms with E-state index in [2.05, 4.69) is 29.7 Å². The van der Waals surface area contributed by atoms with Gasteiger partial charge in [0.1, 0.15) is 12.6 Å². The number of benzene rings is 2. The van der Waals surface area contributed by atoms with E-state index in [-0.39, 0.29) is 18.1 Å². The molecular weight excluding hydrogens is 376 g/mol. The Hall–Kier alpha value is -2.24. The highest BCUT2D eigenvalue weighted by atomic mass is 35.5. The molecule has 152 valence electrons. The van der Waals surface area contributed by atoms with E-state index in [0.29, 0.717) is 22.6 Å². The molecule has 3 N–H and O–H groups in total. The number of carbonyl (C=O) groups is 1. The van der Waals surface area contributed by atoms with Gasteiger partial charge in [-0.05, 0) is 39.8 Å². The van der Waals surface area contributed by atoms with Crippen molar-refractivity contribution in [2.75, 3.05) is 13.7 Å². The summed E-state index contributed by atoms with van der Waals surface area (Å²) in [6.07, 6.45) is 0. The molecule has 0 saturated heterocycles. The number of nitrogens with two attached hydrogens (primary N) is 1. The van der Waals surface area contributed by atoms with Crippen LogP contribution in [0.4, 0.5) is 0 Å². The summed E-state index contributed by atoms with van der Waals surface area (Å²) in [7, 11) is 1.56. The van der Waals surface area contributed by atoms with Gasteiger partial charge in [0.25, 0.3) is 5.91 Å². The lowest BCUT2D eigenvalue weighted by Gasteiger charge is -2.21. The number of quaternary nitrogens is 1. The van der Waals surface area contributed by atoms with Crippen LogP contribution in [-0.2, 0) is 11.3 Å². The van der Waals surface area contributed by atoms with Crippen molar-refractivity contribution in [3.63, 3.8) is 0 Å². The molecule has 28 heavy (non-hydrogen) atoms. The molecule has 2 aromatic rings. The molecule has 0 unspecified atom stereocenters. The molecule has 0 bridgehead atoms. The second kappa shape index (κ2) is 9.80. The number of nitrogens with one attached hydrogen (secondary N) is 1. The molecule has 0 fully saturated rings. The molecular formula is C22H30ClN2O3+. The molecule has 2 rings (SSSR count). The molecule has 0 spiro atoms. The van der Waals surface area contributed by atoms with Crippen molar-refractivity contribution in [1.82, 2.24) is 5.32 Å². The van der Waals surface area contributed by atoms with Crippen LogP contribution in [0, 0.1) is 0 Å². The van der Waals surface area contributed by atoms with Gasteiger partial charge in [-0.3, -0.25) is 4.79 Å². The van der Waals surface area contributed by atoms with Crippen LogP contribution in [0.1, 0.15) is 44.9 Å². The van der Waals surface area contributed by atoms with Gasteiger partial charge in [0, 0.05) is 16.7 Å². The molecule has 0 radical (unpaired) electrons. The summed E-state index contributed by atoms with van der Waals surface area (Å²) in [6.45, 7) is 8.54. The molecule has 0 aromatic heterocycles. The van der Waals surface area contributed by atoms with E-state index >= 15 is 0 Å². The van der Waals surface area contributed by atoms with Gasteiger partial charge in [-0.2, -0.15) is 0 Å². The van der Waals surface area contributed by atoms with Crippen LogP contribution in [0.2, 0.25) is 5.02 Å². The van der Waals surface area contributed by atoms with Crippen LogP contribution >= 0.6 is 11.6 Å². The van der Waals surface area contributed by atoms with Crippen molar-refractivity contribution in [1.29, 1.82) is 0 Å². The molecule has 0 aliphatic carbocycles. The zero-order valence-electron chi connectivity index (χ0n) is 17.2. The molecule has 0 saturated carbocycles. The predicted molar refractivity (Wildman–Crippen MR) is 112 cm³/mol. The summed E-state index contributed by atoms with van der Waals surface area (Å²) >= 11 is 6.41. The van der Waals surface area contributed by atoms with Gasteiger partial charge in [-0.1, -0.05) is 41.9 Å². The maximum atomic E-state index is 12.0. The molecule has 1 atom stereocenters. The molecule has 0 aliphatic heterocycles. The Balaban J connectivity index is 2.03. The highest BCUT2D eigenvalue weighted by Gasteiger charge is 2.18. The number of hydrogen-bond acceptors (Lipinski definition) is 3. The molecule has 1 amide bonds. The lowest BCUT2D eigenvalue weighted by molar-refractivity contribution is -0.707. The van der Waals surface area contributed by atoms with Crippen LogP contribution in [0.25, 0.3) is 0 Å². The fourth-order valence-electron chi connectivity index (χ4n) is 2.83. The Labute approximate surface area is 172 Å². The minimum Gasteiger partial charge on any atom is -0.493 e. The third-order valence-electron chi connectivity index (χ3n) is 4.18. The molecule has 6 heteroatoms. The smallest absolute Gasteiger partial charge is 0.258 e. The van der Waals surface area contributed by atoms with Crippen LogP contribution in [0.15, 0.2) is 42.5 Å². The van der Waals surface area contributed by atoms with E-state index in [1.54, 1.807) is 7.11 Å². The third kappa shape index (κ3) is 6.73. The lowest BCUT2D eigenvalue weighted by atomic mass is 10.1. The van der Waals surface area contributed by atoms with Gasteiger partial charge >= 0.3 is 0 Å². The zero-order chi connectivity index (χ0) is 20.7. The first-order valence-electron chi connectivity index (χ1n) is 9.38. The van der Waals surface area contributed by atoms with Gasteiger partial charge in [0.05, 0.1) is 12.1 Å². The monoisotopic (exact) mass is 405 g/mol. The van der Waals surface area contributed by atoms with Crippen molar-refractivity contribution >= 4 is 17.5 Å². The number of rotatable bonds is 8. The van der Waals surface area contributed by atoms with Crippen molar-refractivity contribution in [3.8, 4) is 11.5 Å². The minimum atomic E-state index is -0.316. The fourth-order valence-corrected chi connectivity index (χ4v) is 3.12. The molecule has 2 aromatic carbocycles. The first-order chi connectivity index (χ1) is 13.2. The SMILES string of the molecule is COc1cc(C[NH2+][C@@H](C)c2ccccc2)cc(Cl)c1OCC(=O)NC(C)(C)C. The zero-order valence-corrected chi connectivity index (χ0v) is 18.0. The first-order valence-corrected chi connectivity index (χ1v) is 9.76. The summed E-state index contributed by atoms with van der Waals surface area (Å²) in [5, 5.41) is 5.52. The maximum absolute atomic E-state index is 12.0. The Bertz CT molecular complexity index is 788. The third-order valence-corrected chi connectivity index (χ3v) is 4.46. The average Bonchev–Trinajstić information content (AvgIpc) is 2.64. The Kier molecular flexibility index (Phi) is 7.72. The Morgan fingerprint density at radius 2 is 1.89 bits per heavy atom. The number of halogens is 1. The van der Waals surface area contributed by atoms with E-state index in [1.165, 1.54) is 5.56 Å². The second-order valence-electron chi connectivity index (χ2n) is 7.84. The average molecular weight is 406 g/mol. The van der Waals surface area contributed by atoms with Crippen LogP contribution < -0.4 is 20.1 Å². The van der Waals surface area contributed by atoms with E-state index in [9.17, 15) is 4.79 Å². The highest BCUT2D eigenvalue weighted by Crippen LogP contribution is 2.36. The van der Waals surface area contributed by atoms with Gasteiger partial charge in [-0.15, -0.1) is 0 Å². The van der Waals surface area contributed by atoms with Crippen LogP contribution in [-0.4, -0.2) is 25.2 Å². The predicted octanol–water partition coefficient (Wildman–Crippen LogP) is 3.47. The minimum absolute atomic E-state index is 0.121. The number of amides is 1. The first kappa shape index (κ1) is 22.1. The van der Waals surface area contributed by atoms with E-state index in [4.69, 9.17) is 21.1 Å². The van der Waals surface area contributed by atoms with Gasteiger partial charge in [-0.25, -0.2) is 0 Å². The second-order valence-corrected chi connectivity index (χ2v) is 8.24. The number of ether oxygens (including phenoxy) is 2. The van der Waals surface area contributed by atoms with Crippen LogP contribution in [0.5, 0.6) is 11.5 Å². The van der Waals surface area contributed by atoms with E-state index in [0.717, 1.165) is 12.1 Å². The Morgan fingerprint density at radius 1 is 1.21 bits per heavy atom. The van der Waals surface area contributed by atoms with Gasteiger partial charge in [0.2, 0.25) is 0 Å². The molecule has 0 heterocycles. The maximum Gasteiger partial charge on any atom is 0.258 e. The standard InChI is InChI=1S/C22H29ClN2O3/c1-15(17-9-7-6-8-10-17)24-13-16-11-18(23)21(19(12-16)27-5)28-14-20(26)25-22(2,3)4/h6-12,15,24H,13-14H2,1-5H3,(H,25,26)/p+1/t15-/m0/s1. The topological polar surface area (TPSA) is 64.2 Å². The fraction of sp³-hybridized carbons (Fsp3) is 0.409. The summed E-state index contributed by atoms with van der Waals surface area (Å²) < 4.78 is 11.1. The van der Waals surface area contributed by atoms with Crippen molar-refractivity contribution in [2.45, 2.75) is 45.8 Å². The summed E-state index contributed by atoms with van der Waals surface area (Å²) in [5.41, 5.74) is 1.98. The number of carbonyl (C=O) groups excluding carboxylic acids is 1. The van der Waals surface area contributed by atoms with Crippen LogP contribution in [0.3, 0.4) is 0 Å². The quantitative estimate of drug-likeness (QED) is 0.706. The van der Waals surface area contributed by atoms with Crippen molar-refractivity contribution in [2.24, 2.45) is 0 Å². The van der Waals surface area contributed by atoms with E-state index < -0.39 is 0 Å². The normalized spacial score (nSPS) is 12.4. The lowest BCUT2D eigenvalue weighted by Crippen LogP contribution is -2.83. The number of methoxy groups -OCH3 is 1. The summed E-state index contributed by atoms with van der Waals surface area (Å²) in [4.78, 5) is 12.0. The van der Waals surface area contributed by atoms with Crippen molar-refractivity contribution < 1.29 is 19.6 Å². The largest absolute Gasteiger partial charge is 0.493 e. The number of hydrogen-bond donors (Lipinski definition) is 2. The summed E-state index contributed by atoms with van der Waals surface area (Å²) in [5.74, 6) is 0.694. The summed E-state index contributed by atoms with van der Waals surface area (Å²) in [6, 6.07) is 14.4. The van der Waals surface area contributed by atoms with Gasteiger partial charge in [0.15, 0.2) is 18.1 Å². The van der Waals surface area contributed by atoms with Crippen molar-refractivity contribution in [3.05, 3.63) is 58.6 Å². The highest BCUT2D eigenvalue weighted by molar-refractivity contribution is 6.32. The Morgan fingerprint density at radius 3 is 2.50 bits per heavy atom. The molecule has 0 aliphatic rings. The van der Waals surface area contributed by atoms with Gasteiger partial charge < -0.3 is 20.1 Å².